The van der Waals surface area contributed by atoms with Crippen LogP contribution in [0.1, 0.15) is 30.1 Å². The van der Waals surface area contributed by atoms with Crippen molar-refractivity contribution in [2.24, 2.45) is 0 Å². The van der Waals surface area contributed by atoms with E-state index in [0.29, 0.717) is 42.3 Å². The Morgan fingerprint density at radius 2 is 1.81 bits per heavy atom. The molecule has 0 spiro atoms. The maximum absolute atomic E-state index is 12.6. The molecule has 7 heteroatoms. The van der Waals surface area contributed by atoms with Crippen molar-refractivity contribution in [3.63, 3.8) is 0 Å². The molecular formula is C20H23ClNO4S. The van der Waals surface area contributed by atoms with Crippen LogP contribution < -0.4 is 4.74 Å². The molecule has 2 aromatic rings. The van der Waals surface area contributed by atoms with Gasteiger partial charge in [-0.2, -0.15) is 0 Å². The third-order valence-corrected chi connectivity index (χ3v) is 6.88. The summed E-state index contributed by atoms with van der Waals surface area (Å²) < 4.78 is 32.5. The Morgan fingerprint density at radius 1 is 1.15 bits per heavy atom. The third-order valence-electron chi connectivity index (χ3n) is 4.71. The van der Waals surface area contributed by atoms with Crippen LogP contribution in [0.5, 0.6) is 5.75 Å². The van der Waals surface area contributed by atoms with Gasteiger partial charge in [0.1, 0.15) is 18.0 Å². The maximum atomic E-state index is 12.6. The standard InChI is InChI=1S/C20H23ClNO4S/c1-15-7-8-20(18(21)13-15)26-17-9-11-22(12-10-17)27(24,25)14-19(23)16-5-3-2-4-6-16/h2-8,13,17,19H,9-12,14H2,1H3/t19-/m0/s1. The van der Waals surface area contributed by atoms with E-state index in [4.69, 9.17) is 16.3 Å². The molecule has 1 radical (unpaired) electrons. The fourth-order valence-electron chi connectivity index (χ4n) is 3.17. The smallest absolute Gasteiger partial charge is 0.217 e. The highest BCUT2D eigenvalue weighted by molar-refractivity contribution is 7.89. The van der Waals surface area contributed by atoms with Crippen molar-refractivity contribution < 1.29 is 18.3 Å². The molecule has 1 fully saturated rings. The lowest BCUT2D eigenvalue weighted by atomic mass is 10.1. The van der Waals surface area contributed by atoms with Crippen molar-refractivity contribution in [2.75, 3.05) is 18.8 Å². The van der Waals surface area contributed by atoms with E-state index in [-0.39, 0.29) is 6.10 Å². The monoisotopic (exact) mass is 408 g/mol. The Hall–Kier alpha value is -1.60. The lowest BCUT2D eigenvalue weighted by molar-refractivity contribution is 0.105. The minimum atomic E-state index is -3.60. The van der Waals surface area contributed by atoms with Crippen LogP contribution in [0.2, 0.25) is 5.02 Å². The van der Waals surface area contributed by atoms with Crippen molar-refractivity contribution in [1.82, 2.24) is 4.31 Å². The van der Waals surface area contributed by atoms with Gasteiger partial charge in [0.15, 0.2) is 0 Å². The highest BCUT2D eigenvalue weighted by Gasteiger charge is 2.31. The van der Waals surface area contributed by atoms with Gasteiger partial charge in [0.25, 0.3) is 0 Å². The van der Waals surface area contributed by atoms with Crippen LogP contribution in [0.4, 0.5) is 0 Å². The third kappa shape index (κ3) is 5.23. The molecule has 1 aliphatic heterocycles. The molecule has 1 aliphatic rings. The molecule has 0 N–H and O–H groups in total. The van der Waals surface area contributed by atoms with E-state index < -0.39 is 21.9 Å². The number of rotatable bonds is 6. The van der Waals surface area contributed by atoms with Crippen molar-refractivity contribution in [1.29, 1.82) is 0 Å². The largest absolute Gasteiger partial charge is 0.489 e. The van der Waals surface area contributed by atoms with Crippen LogP contribution >= 0.6 is 11.6 Å². The fraction of sp³-hybridized carbons (Fsp3) is 0.400. The summed E-state index contributed by atoms with van der Waals surface area (Å²) in [5, 5.41) is 12.9. The SMILES string of the molecule is Cc1ccc(OC2CCN(S(=O)(=O)C[C@H]([O])c3ccccc3)CC2)c(Cl)c1. The number of hydrogen-bond acceptors (Lipinski definition) is 3. The van der Waals surface area contributed by atoms with Gasteiger partial charge in [-0.05, 0) is 43.0 Å². The number of piperidine rings is 1. The van der Waals surface area contributed by atoms with Gasteiger partial charge >= 0.3 is 0 Å². The quantitative estimate of drug-likeness (QED) is 0.725. The maximum Gasteiger partial charge on any atom is 0.217 e. The molecule has 1 atom stereocenters. The number of hydrogen-bond donors (Lipinski definition) is 0. The molecule has 1 saturated heterocycles. The highest BCUT2D eigenvalue weighted by atomic mass is 35.5. The number of benzene rings is 2. The van der Waals surface area contributed by atoms with E-state index in [1.807, 2.05) is 25.1 Å². The Bertz CT molecular complexity index is 865. The molecule has 0 aromatic heterocycles. The van der Waals surface area contributed by atoms with Crippen LogP contribution in [0, 0.1) is 6.92 Å². The lowest BCUT2D eigenvalue weighted by Crippen LogP contribution is -2.43. The molecule has 27 heavy (non-hydrogen) atoms. The molecule has 0 bridgehead atoms. The van der Waals surface area contributed by atoms with Gasteiger partial charge < -0.3 is 4.74 Å². The van der Waals surface area contributed by atoms with Gasteiger partial charge in [-0.1, -0.05) is 48.0 Å². The number of nitrogens with zero attached hydrogens (tertiary/aromatic N) is 1. The average molecular weight is 409 g/mol. The van der Waals surface area contributed by atoms with Crippen molar-refractivity contribution in [3.05, 3.63) is 64.7 Å². The molecule has 0 amide bonds. The first-order valence-electron chi connectivity index (χ1n) is 8.96. The molecule has 145 valence electrons. The van der Waals surface area contributed by atoms with E-state index in [2.05, 4.69) is 0 Å². The van der Waals surface area contributed by atoms with Gasteiger partial charge in [-0.3, -0.25) is 0 Å². The average Bonchev–Trinajstić information content (AvgIpc) is 2.65. The number of aryl methyl sites for hydroxylation is 1. The van der Waals surface area contributed by atoms with Gasteiger partial charge in [0, 0.05) is 13.1 Å². The van der Waals surface area contributed by atoms with Crippen LogP contribution in [0.15, 0.2) is 48.5 Å². The fourth-order valence-corrected chi connectivity index (χ4v) is 5.00. The van der Waals surface area contributed by atoms with E-state index in [9.17, 15) is 13.5 Å². The number of halogens is 1. The van der Waals surface area contributed by atoms with Crippen molar-refractivity contribution in [2.45, 2.75) is 32.0 Å². The van der Waals surface area contributed by atoms with E-state index in [0.717, 1.165) is 5.56 Å². The predicted molar refractivity (Wildman–Crippen MR) is 105 cm³/mol. The molecule has 0 saturated carbocycles. The Morgan fingerprint density at radius 3 is 2.44 bits per heavy atom. The Labute approximate surface area is 165 Å². The predicted octanol–water partition coefficient (Wildman–Crippen LogP) is 3.99. The minimum Gasteiger partial charge on any atom is -0.489 e. The van der Waals surface area contributed by atoms with Crippen LogP contribution in [-0.4, -0.2) is 37.7 Å². The topological polar surface area (TPSA) is 66.5 Å². The summed E-state index contributed by atoms with van der Waals surface area (Å²) >= 11 is 6.20. The molecule has 0 unspecified atom stereocenters. The first kappa shape index (κ1) is 20.1. The summed E-state index contributed by atoms with van der Waals surface area (Å²) in [6, 6.07) is 14.2. The first-order chi connectivity index (χ1) is 12.8. The van der Waals surface area contributed by atoms with Gasteiger partial charge in [-0.15, -0.1) is 0 Å². The first-order valence-corrected chi connectivity index (χ1v) is 11.0. The van der Waals surface area contributed by atoms with Crippen LogP contribution in [0.25, 0.3) is 0 Å². The summed E-state index contributed by atoms with van der Waals surface area (Å²) in [6.45, 7) is 2.65. The summed E-state index contributed by atoms with van der Waals surface area (Å²) in [4.78, 5) is 0. The van der Waals surface area contributed by atoms with E-state index in [1.165, 1.54) is 4.31 Å². The lowest BCUT2D eigenvalue weighted by Gasteiger charge is -2.32. The zero-order valence-electron chi connectivity index (χ0n) is 15.2. The Kier molecular flexibility index (Phi) is 6.42. The second-order valence-corrected chi connectivity index (χ2v) is 9.25. The molecular weight excluding hydrogens is 386 g/mol. The Balaban J connectivity index is 1.56. The molecule has 2 aromatic carbocycles. The molecule has 3 rings (SSSR count). The summed E-state index contributed by atoms with van der Waals surface area (Å²) in [6.07, 6.45) is -0.235. The van der Waals surface area contributed by atoms with Gasteiger partial charge in [0.05, 0.1) is 10.8 Å². The van der Waals surface area contributed by atoms with Crippen molar-refractivity contribution in [3.8, 4) is 5.75 Å². The summed E-state index contributed by atoms with van der Waals surface area (Å²) in [7, 11) is -3.60. The minimum absolute atomic E-state index is 0.0890. The molecule has 5 nitrogen and oxygen atoms in total. The highest BCUT2D eigenvalue weighted by Crippen LogP contribution is 2.29. The van der Waals surface area contributed by atoms with E-state index in [1.54, 1.807) is 30.3 Å². The van der Waals surface area contributed by atoms with Crippen LogP contribution in [0.3, 0.4) is 0 Å². The molecule has 1 heterocycles. The van der Waals surface area contributed by atoms with E-state index >= 15 is 0 Å². The van der Waals surface area contributed by atoms with Crippen molar-refractivity contribution >= 4 is 21.6 Å². The number of ether oxygens (including phenoxy) is 1. The van der Waals surface area contributed by atoms with Crippen LogP contribution in [-0.2, 0) is 15.1 Å². The zero-order chi connectivity index (χ0) is 19.4. The second-order valence-electron chi connectivity index (χ2n) is 6.83. The van der Waals surface area contributed by atoms with Gasteiger partial charge in [0.2, 0.25) is 10.0 Å². The second kappa shape index (κ2) is 8.61. The normalized spacial score (nSPS) is 17.6. The number of sulfonamides is 1. The molecule has 0 aliphatic carbocycles. The zero-order valence-corrected chi connectivity index (χ0v) is 16.7. The summed E-state index contributed by atoms with van der Waals surface area (Å²) in [5.41, 5.74) is 1.55. The summed E-state index contributed by atoms with van der Waals surface area (Å²) in [5.74, 6) is 0.194. The van der Waals surface area contributed by atoms with Gasteiger partial charge in [-0.25, -0.2) is 17.8 Å².